The van der Waals surface area contributed by atoms with Crippen LogP contribution in [0.15, 0.2) is 30.3 Å². The summed E-state index contributed by atoms with van der Waals surface area (Å²) in [4.78, 5) is -0.884. The van der Waals surface area contributed by atoms with Crippen molar-refractivity contribution in [2.24, 2.45) is 0 Å². The summed E-state index contributed by atoms with van der Waals surface area (Å²) in [6.45, 7) is 0. The largest absolute Gasteiger partial charge is 0.373 e. The first-order valence-corrected chi connectivity index (χ1v) is 4.60. The van der Waals surface area contributed by atoms with Crippen LogP contribution < -0.4 is 0 Å². The zero-order valence-corrected chi connectivity index (χ0v) is 8.53. The zero-order chi connectivity index (χ0) is 10.8. The van der Waals surface area contributed by atoms with Crippen molar-refractivity contribution in [3.05, 3.63) is 35.9 Å². The number of halogens is 3. The zero-order valence-electron chi connectivity index (χ0n) is 6.95. The SMILES string of the molecule is OC(Cl)C(=S)C(F)(F)c1ccccc1. The molecule has 1 atom stereocenters. The van der Waals surface area contributed by atoms with Crippen LogP contribution in [0.25, 0.3) is 0 Å². The smallest absolute Gasteiger partial charge is 0.308 e. The number of aliphatic hydroxyl groups is 1. The molecule has 0 heterocycles. The van der Waals surface area contributed by atoms with Crippen LogP contribution in [0.3, 0.4) is 0 Å². The molecular formula is C9H7ClF2OS. The molecule has 1 unspecified atom stereocenters. The topological polar surface area (TPSA) is 20.2 Å². The van der Waals surface area contributed by atoms with Gasteiger partial charge in [-0.3, -0.25) is 0 Å². The Bertz CT molecular complexity index is 327. The second-order valence-electron chi connectivity index (χ2n) is 2.64. The monoisotopic (exact) mass is 236 g/mol. The molecule has 0 aliphatic carbocycles. The predicted molar refractivity (Wildman–Crippen MR) is 54.8 cm³/mol. The van der Waals surface area contributed by atoms with Crippen molar-refractivity contribution in [3.8, 4) is 0 Å². The summed E-state index contributed by atoms with van der Waals surface area (Å²) in [5.41, 5.74) is -2.09. The van der Waals surface area contributed by atoms with Gasteiger partial charge in [-0.1, -0.05) is 54.2 Å². The Kier molecular flexibility index (Phi) is 3.53. The first-order valence-electron chi connectivity index (χ1n) is 3.76. The van der Waals surface area contributed by atoms with Gasteiger partial charge in [0.05, 0.1) is 0 Å². The van der Waals surface area contributed by atoms with Gasteiger partial charge in [0, 0.05) is 5.56 Å². The van der Waals surface area contributed by atoms with Crippen LogP contribution in [0.2, 0.25) is 0 Å². The average Bonchev–Trinajstić information content (AvgIpc) is 2.18. The summed E-state index contributed by atoms with van der Waals surface area (Å²) in [6.07, 6.45) is 0. The molecule has 5 heteroatoms. The minimum Gasteiger partial charge on any atom is -0.373 e. The van der Waals surface area contributed by atoms with Crippen LogP contribution in [0.4, 0.5) is 8.78 Å². The van der Waals surface area contributed by atoms with Gasteiger partial charge in [0.1, 0.15) is 4.86 Å². The maximum Gasteiger partial charge on any atom is 0.308 e. The number of rotatable bonds is 3. The molecule has 0 fully saturated rings. The number of hydrogen-bond acceptors (Lipinski definition) is 2. The molecular weight excluding hydrogens is 230 g/mol. The number of alkyl halides is 3. The standard InChI is InChI=1S/C9H7ClF2OS/c10-8(13)7(14)9(11,12)6-4-2-1-3-5-6/h1-5,8,13H. The maximum absolute atomic E-state index is 13.4. The normalized spacial score (nSPS) is 13.7. The van der Waals surface area contributed by atoms with Gasteiger partial charge in [0.15, 0.2) is 5.56 Å². The number of thiocarbonyl (C=S) groups is 1. The van der Waals surface area contributed by atoms with Gasteiger partial charge in [-0.2, -0.15) is 8.78 Å². The van der Waals surface area contributed by atoms with E-state index in [9.17, 15) is 8.78 Å². The first-order chi connectivity index (χ1) is 6.46. The Balaban J connectivity index is 3.02. The number of hydrogen-bond donors (Lipinski definition) is 1. The van der Waals surface area contributed by atoms with E-state index < -0.39 is 16.4 Å². The molecule has 1 nitrogen and oxygen atoms in total. The van der Waals surface area contributed by atoms with Crippen LogP contribution in [0, 0.1) is 0 Å². The molecule has 14 heavy (non-hydrogen) atoms. The van der Waals surface area contributed by atoms with Crippen LogP contribution in [0.5, 0.6) is 0 Å². The van der Waals surface area contributed by atoms with Gasteiger partial charge in [-0.15, -0.1) is 0 Å². The fourth-order valence-electron chi connectivity index (χ4n) is 0.939. The Labute approximate surface area is 90.3 Å². The molecule has 1 aromatic rings. The fourth-order valence-corrected chi connectivity index (χ4v) is 1.19. The van der Waals surface area contributed by atoms with Crippen molar-refractivity contribution in [1.82, 2.24) is 0 Å². The molecule has 0 radical (unpaired) electrons. The lowest BCUT2D eigenvalue weighted by Crippen LogP contribution is -2.31. The first kappa shape index (κ1) is 11.5. The molecule has 0 saturated carbocycles. The molecule has 0 amide bonds. The fraction of sp³-hybridized carbons (Fsp3) is 0.222. The number of aliphatic hydroxyl groups excluding tert-OH is 1. The summed E-state index contributed by atoms with van der Waals surface area (Å²) in [5, 5.41) is 8.76. The quantitative estimate of drug-likeness (QED) is 0.643. The highest BCUT2D eigenvalue weighted by Crippen LogP contribution is 2.31. The molecule has 0 aromatic heterocycles. The predicted octanol–water partition coefficient (Wildman–Crippen LogP) is 2.71. The summed E-state index contributed by atoms with van der Waals surface area (Å²) >= 11 is 9.46. The molecule has 0 spiro atoms. The van der Waals surface area contributed by atoms with E-state index in [-0.39, 0.29) is 5.56 Å². The van der Waals surface area contributed by atoms with Crippen molar-refractivity contribution >= 4 is 28.7 Å². The highest BCUT2D eigenvalue weighted by Gasteiger charge is 2.39. The number of benzene rings is 1. The lowest BCUT2D eigenvalue weighted by Gasteiger charge is -2.18. The summed E-state index contributed by atoms with van der Waals surface area (Å²) < 4.78 is 26.8. The van der Waals surface area contributed by atoms with E-state index >= 15 is 0 Å². The van der Waals surface area contributed by atoms with Crippen molar-refractivity contribution in [2.75, 3.05) is 0 Å². The highest BCUT2D eigenvalue weighted by atomic mass is 35.5. The highest BCUT2D eigenvalue weighted by molar-refractivity contribution is 7.80. The van der Waals surface area contributed by atoms with E-state index in [1.807, 2.05) is 0 Å². The van der Waals surface area contributed by atoms with Crippen molar-refractivity contribution in [1.29, 1.82) is 0 Å². The molecule has 0 aliphatic heterocycles. The van der Waals surface area contributed by atoms with Crippen LogP contribution in [0.1, 0.15) is 5.56 Å². The second-order valence-corrected chi connectivity index (χ2v) is 3.49. The molecule has 0 aliphatic rings. The lowest BCUT2D eigenvalue weighted by atomic mass is 10.1. The van der Waals surface area contributed by atoms with E-state index in [1.165, 1.54) is 24.3 Å². The van der Waals surface area contributed by atoms with E-state index in [0.717, 1.165) is 0 Å². The van der Waals surface area contributed by atoms with Gasteiger partial charge in [-0.05, 0) is 0 Å². The maximum atomic E-state index is 13.4. The summed E-state index contributed by atoms with van der Waals surface area (Å²) in [7, 11) is 0. The molecule has 1 rings (SSSR count). The Hall–Kier alpha value is -0.580. The average molecular weight is 237 g/mol. The van der Waals surface area contributed by atoms with Gasteiger partial charge in [-0.25, -0.2) is 0 Å². The minimum absolute atomic E-state index is 0.273. The Morgan fingerprint density at radius 1 is 1.36 bits per heavy atom. The van der Waals surface area contributed by atoms with Crippen molar-refractivity contribution in [2.45, 2.75) is 11.5 Å². The van der Waals surface area contributed by atoms with Crippen LogP contribution in [-0.2, 0) is 5.92 Å². The molecule has 0 saturated heterocycles. The lowest BCUT2D eigenvalue weighted by molar-refractivity contribution is 0.0703. The Morgan fingerprint density at radius 3 is 2.29 bits per heavy atom. The molecule has 1 N–H and O–H groups in total. The molecule has 1 aromatic carbocycles. The molecule has 0 bridgehead atoms. The second kappa shape index (κ2) is 4.29. The summed E-state index contributed by atoms with van der Waals surface area (Å²) in [6, 6.07) is 7.00. The summed E-state index contributed by atoms with van der Waals surface area (Å²) in [5.74, 6) is -3.38. The third kappa shape index (κ3) is 2.26. The van der Waals surface area contributed by atoms with E-state index in [2.05, 4.69) is 12.2 Å². The van der Waals surface area contributed by atoms with Crippen molar-refractivity contribution < 1.29 is 13.9 Å². The van der Waals surface area contributed by atoms with Crippen LogP contribution in [-0.4, -0.2) is 15.5 Å². The van der Waals surface area contributed by atoms with E-state index in [0.29, 0.717) is 0 Å². The van der Waals surface area contributed by atoms with Gasteiger partial charge in [0.25, 0.3) is 0 Å². The third-order valence-electron chi connectivity index (χ3n) is 1.66. The Morgan fingerprint density at radius 2 is 1.86 bits per heavy atom. The van der Waals surface area contributed by atoms with Gasteiger partial charge >= 0.3 is 5.92 Å². The third-order valence-corrected chi connectivity index (χ3v) is 2.49. The van der Waals surface area contributed by atoms with Gasteiger partial charge in [0.2, 0.25) is 0 Å². The van der Waals surface area contributed by atoms with Gasteiger partial charge < -0.3 is 5.11 Å². The van der Waals surface area contributed by atoms with Crippen LogP contribution >= 0.6 is 23.8 Å². The minimum atomic E-state index is -3.38. The van der Waals surface area contributed by atoms with E-state index in [4.69, 9.17) is 16.7 Å². The van der Waals surface area contributed by atoms with E-state index in [1.54, 1.807) is 6.07 Å². The van der Waals surface area contributed by atoms with Crippen molar-refractivity contribution in [3.63, 3.8) is 0 Å². The molecule has 76 valence electrons.